The van der Waals surface area contributed by atoms with Gasteiger partial charge in [-0.15, -0.1) is 0 Å². The third-order valence-electron chi connectivity index (χ3n) is 2.72. The predicted octanol–water partition coefficient (Wildman–Crippen LogP) is 3.63. The van der Waals surface area contributed by atoms with Crippen LogP contribution in [-0.4, -0.2) is 4.98 Å². The molecule has 1 aromatic heterocycles. The Bertz CT molecular complexity index is 507. The molecule has 1 heterocycles. The third-order valence-corrected chi connectivity index (χ3v) is 2.72. The van der Waals surface area contributed by atoms with Crippen molar-refractivity contribution in [1.29, 1.82) is 0 Å². The molecule has 0 amide bonds. The molecule has 0 bridgehead atoms. The van der Waals surface area contributed by atoms with Crippen molar-refractivity contribution < 1.29 is 0 Å². The fourth-order valence-corrected chi connectivity index (χ4v) is 1.67. The minimum absolute atomic E-state index is 0.0732. The average molecular weight is 226 g/mol. The summed E-state index contributed by atoms with van der Waals surface area (Å²) in [7, 11) is 0. The van der Waals surface area contributed by atoms with Crippen molar-refractivity contribution >= 4 is 5.69 Å². The van der Waals surface area contributed by atoms with Crippen molar-refractivity contribution in [3.63, 3.8) is 0 Å². The van der Waals surface area contributed by atoms with Gasteiger partial charge in [0.1, 0.15) is 0 Å². The molecule has 17 heavy (non-hydrogen) atoms. The molecule has 0 spiro atoms. The van der Waals surface area contributed by atoms with Crippen LogP contribution in [0.1, 0.15) is 26.5 Å². The van der Waals surface area contributed by atoms with Gasteiger partial charge in [0.2, 0.25) is 0 Å². The van der Waals surface area contributed by atoms with Gasteiger partial charge in [0.15, 0.2) is 0 Å². The number of hydrogen-bond donors (Lipinski definition) is 1. The molecule has 0 saturated heterocycles. The second-order valence-electron chi connectivity index (χ2n) is 5.28. The smallest absolute Gasteiger partial charge is 0.0705 e. The van der Waals surface area contributed by atoms with E-state index < -0.39 is 0 Å². The van der Waals surface area contributed by atoms with Crippen molar-refractivity contribution in [2.75, 3.05) is 5.73 Å². The minimum atomic E-state index is 0.0732. The van der Waals surface area contributed by atoms with Crippen LogP contribution < -0.4 is 5.73 Å². The maximum atomic E-state index is 5.68. The van der Waals surface area contributed by atoms with E-state index >= 15 is 0 Å². The fourth-order valence-electron chi connectivity index (χ4n) is 1.67. The molecular weight excluding hydrogens is 208 g/mol. The van der Waals surface area contributed by atoms with Crippen molar-refractivity contribution in [1.82, 2.24) is 4.98 Å². The number of pyridine rings is 1. The molecule has 2 N–H and O–H groups in total. The summed E-state index contributed by atoms with van der Waals surface area (Å²) in [6.07, 6.45) is 0. The standard InChI is InChI=1S/C15H18N2/c1-15(2,3)14-6-4-5-13(17-14)11-7-9-12(16)10-8-11/h4-10H,16H2,1-3H3. The van der Waals surface area contributed by atoms with Crippen molar-refractivity contribution in [2.24, 2.45) is 0 Å². The first-order chi connectivity index (χ1) is 7.97. The molecule has 0 radical (unpaired) electrons. The van der Waals surface area contributed by atoms with E-state index in [9.17, 15) is 0 Å². The lowest BCUT2D eigenvalue weighted by atomic mass is 9.91. The molecule has 2 aromatic rings. The average Bonchev–Trinajstić information content (AvgIpc) is 2.29. The van der Waals surface area contributed by atoms with Crippen LogP contribution in [-0.2, 0) is 5.41 Å². The minimum Gasteiger partial charge on any atom is -0.399 e. The Labute approximate surface area is 103 Å². The molecule has 0 atom stereocenters. The Balaban J connectivity index is 2.43. The molecule has 1 aromatic carbocycles. The van der Waals surface area contributed by atoms with Crippen LogP contribution in [0.4, 0.5) is 5.69 Å². The van der Waals surface area contributed by atoms with E-state index in [-0.39, 0.29) is 5.41 Å². The van der Waals surface area contributed by atoms with Gasteiger partial charge in [0.05, 0.1) is 5.69 Å². The Morgan fingerprint density at radius 3 is 2.18 bits per heavy atom. The van der Waals surface area contributed by atoms with Gasteiger partial charge >= 0.3 is 0 Å². The number of rotatable bonds is 1. The monoisotopic (exact) mass is 226 g/mol. The number of aromatic nitrogens is 1. The summed E-state index contributed by atoms with van der Waals surface area (Å²) in [5.74, 6) is 0. The number of benzene rings is 1. The Morgan fingerprint density at radius 2 is 1.59 bits per heavy atom. The zero-order valence-electron chi connectivity index (χ0n) is 10.6. The molecule has 2 heteroatoms. The van der Waals surface area contributed by atoms with Crippen LogP contribution in [0.3, 0.4) is 0 Å². The first-order valence-electron chi connectivity index (χ1n) is 5.80. The normalized spacial score (nSPS) is 11.5. The lowest BCUT2D eigenvalue weighted by Gasteiger charge is -2.18. The molecule has 88 valence electrons. The summed E-state index contributed by atoms with van der Waals surface area (Å²) < 4.78 is 0. The maximum Gasteiger partial charge on any atom is 0.0705 e. The van der Waals surface area contributed by atoms with Crippen LogP contribution in [0.5, 0.6) is 0 Å². The lowest BCUT2D eigenvalue weighted by Crippen LogP contribution is -2.13. The molecule has 0 aliphatic heterocycles. The van der Waals surface area contributed by atoms with E-state index in [0.717, 1.165) is 22.6 Å². The number of nitrogens with two attached hydrogens (primary N) is 1. The van der Waals surface area contributed by atoms with E-state index in [2.05, 4.69) is 32.9 Å². The molecular formula is C15H18N2. The molecule has 0 unspecified atom stereocenters. The topological polar surface area (TPSA) is 38.9 Å². The predicted molar refractivity (Wildman–Crippen MR) is 72.8 cm³/mol. The van der Waals surface area contributed by atoms with Gasteiger partial charge in [-0.1, -0.05) is 39.0 Å². The number of nitrogens with zero attached hydrogens (tertiary/aromatic N) is 1. The molecule has 2 nitrogen and oxygen atoms in total. The van der Waals surface area contributed by atoms with Crippen LogP contribution in [0, 0.1) is 0 Å². The zero-order chi connectivity index (χ0) is 12.5. The lowest BCUT2D eigenvalue weighted by molar-refractivity contribution is 0.570. The van der Waals surface area contributed by atoms with Crippen molar-refractivity contribution in [3.8, 4) is 11.3 Å². The highest BCUT2D eigenvalue weighted by molar-refractivity contribution is 5.62. The molecule has 0 saturated carbocycles. The van der Waals surface area contributed by atoms with Crippen LogP contribution in [0.25, 0.3) is 11.3 Å². The highest BCUT2D eigenvalue weighted by Crippen LogP contribution is 2.24. The first kappa shape index (κ1) is 11.6. The zero-order valence-corrected chi connectivity index (χ0v) is 10.6. The molecule has 0 aliphatic rings. The third kappa shape index (κ3) is 2.64. The van der Waals surface area contributed by atoms with Gasteiger partial charge in [0.25, 0.3) is 0 Å². The van der Waals surface area contributed by atoms with Crippen LogP contribution in [0.2, 0.25) is 0 Å². The molecule has 0 fully saturated rings. The van der Waals surface area contributed by atoms with Crippen LogP contribution in [0.15, 0.2) is 42.5 Å². The second kappa shape index (κ2) is 4.21. The Kier molecular flexibility index (Phi) is 2.88. The van der Waals surface area contributed by atoms with E-state index in [0.29, 0.717) is 0 Å². The van der Waals surface area contributed by atoms with Crippen molar-refractivity contribution in [3.05, 3.63) is 48.2 Å². The van der Waals surface area contributed by atoms with Gasteiger partial charge in [-0.05, 0) is 24.3 Å². The number of hydrogen-bond acceptors (Lipinski definition) is 2. The summed E-state index contributed by atoms with van der Waals surface area (Å²) in [5, 5.41) is 0. The van der Waals surface area contributed by atoms with E-state index in [1.807, 2.05) is 30.3 Å². The highest BCUT2D eigenvalue weighted by atomic mass is 14.7. The highest BCUT2D eigenvalue weighted by Gasteiger charge is 2.15. The van der Waals surface area contributed by atoms with Crippen LogP contribution >= 0.6 is 0 Å². The van der Waals surface area contributed by atoms with E-state index in [1.54, 1.807) is 0 Å². The van der Waals surface area contributed by atoms with E-state index in [4.69, 9.17) is 10.7 Å². The van der Waals surface area contributed by atoms with Gasteiger partial charge in [-0.2, -0.15) is 0 Å². The summed E-state index contributed by atoms with van der Waals surface area (Å²) in [5.41, 5.74) is 9.74. The Hall–Kier alpha value is -1.83. The summed E-state index contributed by atoms with van der Waals surface area (Å²) in [6, 6.07) is 14.0. The largest absolute Gasteiger partial charge is 0.399 e. The van der Waals surface area contributed by atoms with E-state index in [1.165, 1.54) is 0 Å². The SMILES string of the molecule is CC(C)(C)c1cccc(-c2ccc(N)cc2)n1. The van der Waals surface area contributed by atoms with Gasteiger partial charge in [-0.25, -0.2) is 0 Å². The fraction of sp³-hybridized carbons (Fsp3) is 0.267. The first-order valence-corrected chi connectivity index (χ1v) is 5.80. The Morgan fingerprint density at radius 1 is 0.941 bits per heavy atom. The van der Waals surface area contributed by atoms with Gasteiger partial charge in [0, 0.05) is 22.4 Å². The summed E-state index contributed by atoms with van der Waals surface area (Å²) in [6.45, 7) is 6.51. The van der Waals surface area contributed by atoms with Crippen molar-refractivity contribution in [2.45, 2.75) is 26.2 Å². The molecule has 2 rings (SSSR count). The summed E-state index contributed by atoms with van der Waals surface area (Å²) in [4.78, 5) is 4.70. The van der Waals surface area contributed by atoms with Gasteiger partial charge < -0.3 is 5.73 Å². The summed E-state index contributed by atoms with van der Waals surface area (Å²) >= 11 is 0. The van der Waals surface area contributed by atoms with Gasteiger partial charge in [-0.3, -0.25) is 4.98 Å². The number of nitrogen functional groups attached to an aromatic ring is 1. The number of anilines is 1. The second-order valence-corrected chi connectivity index (χ2v) is 5.28. The maximum absolute atomic E-state index is 5.68. The molecule has 0 aliphatic carbocycles. The quantitative estimate of drug-likeness (QED) is 0.754.